The molecular weight excluding hydrogens is 1920 g/mol. The summed E-state index contributed by atoms with van der Waals surface area (Å²) in [5, 5.41) is 1.26. The van der Waals surface area contributed by atoms with Gasteiger partial charge in [0.25, 0.3) is 0 Å². The van der Waals surface area contributed by atoms with E-state index in [1.807, 2.05) is 100 Å². The van der Waals surface area contributed by atoms with Crippen molar-refractivity contribution >= 4 is 68.6 Å². The van der Waals surface area contributed by atoms with Crippen LogP contribution in [-0.2, 0) is 71.9 Å². The summed E-state index contributed by atoms with van der Waals surface area (Å²) < 4.78 is 17.6. The fourth-order valence-electron chi connectivity index (χ4n) is 13.7. The summed E-state index contributed by atoms with van der Waals surface area (Å²) in [6.07, 6.45) is 1.28. The van der Waals surface area contributed by atoms with E-state index < -0.39 is 35.8 Å². The first-order valence-corrected chi connectivity index (χ1v) is 50.0. The minimum atomic E-state index is -1.01. The first-order chi connectivity index (χ1) is 58.7. The van der Waals surface area contributed by atoms with Crippen LogP contribution in [0.15, 0.2) is 393 Å². The fourth-order valence-corrected chi connectivity index (χ4v) is 22.9. The van der Waals surface area contributed by atoms with E-state index in [1.165, 1.54) is 55.5 Å². The minimum absolute atomic E-state index is 0.0309. The summed E-state index contributed by atoms with van der Waals surface area (Å²) in [4.78, 5) is 10.00. The van der Waals surface area contributed by atoms with Gasteiger partial charge < -0.3 is 35.2 Å². The Kier molecular flexibility index (Phi) is 35.2. The molecule has 0 unspecified atom stereocenters. The van der Waals surface area contributed by atoms with Gasteiger partial charge >= 0.3 is 311 Å². The molecule has 0 aliphatic heterocycles. The van der Waals surface area contributed by atoms with Gasteiger partial charge in [-0.1, -0.05) is 295 Å². The predicted octanol–water partition coefficient (Wildman–Crippen LogP) is 27.9. The monoisotopic (exact) mass is 2020 g/mol. The van der Waals surface area contributed by atoms with Crippen molar-refractivity contribution in [2.75, 3.05) is 4.43 Å². The third-order valence-corrected chi connectivity index (χ3v) is 30.7. The maximum absolute atomic E-state index is 6.23. The summed E-state index contributed by atoms with van der Waals surface area (Å²) in [6.45, 7) is 23.9. The molecule has 4 nitrogen and oxygen atoms in total. The third kappa shape index (κ3) is 26.1. The van der Waals surface area contributed by atoms with Gasteiger partial charge in [-0.05, 0) is 101 Å². The van der Waals surface area contributed by atoms with E-state index in [9.17, 15) is 0 Å². The molecule has 610 valence electrons. The van der Waals surface area contributed by atoms with E-state index in [2.05, 4.69) is 374 Å². The molecule has 0 amide bonds. The number of benzene rings is 14. The van der Waals surface area contributed by atoms with Gasteiger partial charge in [0.2, 0.25) is 0 Å². The smallest absolute Gasteiger partial charge is 0.0114 e. The van der Waals surface area contributed by atoms with Gasteiger partial charge in [0.1, 0.15) is 0 Å². The Bertz CT molecular complexity index is 5560. The minimum Gasteiger partial charge on any atom is -0.778 e. The molecule has 2 heterocycles. The summed E-state index contributed by atoms with van der Waals surface area (Å²) in [5.74, 6) is 0.541. The Labute approximate surface area is 766 Å². The van der Waals surface area contributed by atoms with Gasteiger partial charge in [-0.15, -0.1) is 0 Å². The standard InChI is InChI=1S/2C30H22S.C12H17IN.2C10H12.C6H3Cl2N.2C6H8N.Mo.W/c2*31-30-28(24-17-9-3-10-18-24)26(22-13-5-1-6-14-22)21-27(23-15-7-2-8-16-23)29(30)25-19-11-4-12-20-25;1-4-8-13-11-7-5-6-10(9(2)3)12(11)14;2*1-10(2,3)9-7-5-4-6-8-9;7-4-2-1-3-5(8)6(4)9;2*1-5-3-4-6(2)7-5;;/h2*1-21,31H;5-7,9H,4,8H2,1-3H3;2*1,4-8H,2-3H3;1-3H;2*3-4H,1-2H3;;/q;;-1;;;;2*-1;+2;/p-2. The van der Waals surface area contributed by atoms with Crippen LogP contribution in [0, 0.1) is 31.3 Å². The molecule has 0 bridgehead atoms. The van der Waals surface area contributed by atoms with Crippen LogP contribution in [0.3, 0.4) is 0 Å². The van der Waals surface area contributed by atoms with Crippen molar-refractivity contribution in [2.24, 2.45) is 6.99 Å². The second kappa shape index (κ2) is 46.4. The molecule has 0 saturated carbocycles. The van der Waals surface area contributed by atoms with Crippen LogP contribution in [0.1, 0.15) is 100 Å². The third-order valence-electron chi connectivity index (χ3n) is 20.0. The topological polar surface area (TPSA) is 52.9 Å². The quantitative estimate of drug-likeness (QED) is 0.0372. The van der Waals surface area contributed by atoms with Crippen molar-refractivity contribution in [1.29, 1.82) is 0 Å². The zero-order valence-electron chi connectivity index (χ0n) is 70.5. The molecule has 0 aliphatic carbocycles. The molecule has 0 fully saturated rings. The first-order valence-electron chi connectivity index (χ1n) is 40.7. The van der Waals surface area contributed by atoms with Crippen LogP contribution in [0.25, 0.3) is 89.0 Å². The number of rotatable bonds is 18. The molecule has 121 heavy (non-hydrogen) atoms. The Morgan fingerprint density at radius 2 is 0.661 bits per heavy atom. The molecule has 16 rings (SSSR count). The van der Waals surface area contributed by atoms with E-state index in [-0.39, 0.29) is 32.0 Å². The van der Waals surface area contributed by atoms with E-state index in [4.69, 9.17) is 52.0 Å². The van der Waals surface area contributed by atoms with Crippen molar-refractivity contribution in [3.63, 3.8) is 0 Å². The maximum Gasteiger partial charge on any atom is -0.0114 e. The molecule has 11 heteroatoms. The average Bonchev–Trinajstić information content (AvgIpc) is 1.11. The zero-order chi connectivity index (χ0) is 85.5. The molecular formula is C110H102Cl2IMoN4S2W-3. The molecule has 0 atom stereocenters. The summed E-state index contributed by atoms with van der Waals surface area (Å²) >= 11 is 23.3. The number of nitrogens with zero attached hydrogens (tertiary/aromatic N) is 4. The number of aromatic nitrogens is 2. The van der Waals surface area contributed by atoms with Crippen molar-refractivity contribution in [3.8, 4) is 89.0 Å². The molecule has 16 aromatic rings. The Morgan fingerprint density at radius 3 is 0.950 bits per heavy atom. The number of aryl methyl sites for hydroxylation is 4. The molecule has 2 aromatic heterocycles. The first kappa shape index (κ1) is 91.8. The van der Waals surface area contributed by atoms with Gasteiger partial charge in [-0.3, -0.25) is 0 Å². The van der Waals surface area contributed by atoms with Crippen LogP contribution in [0.2, 0.25) is 10.0 Å². The van der Waals surface area contributed by atoms with Crippen molar-refractivity contribution < 1.29 is 57.0 Å². The SMILES string of the molecule is CC(C)([CH]=[W]=[N]c1c(Cl)cccc1Cl)c1ccccc1.CCC[I-]c1cccc(C(C)C)c1[N]=[Mo+2]=[CH]C(C)(C)c1ccccc1.Cc1ccc(C)[n-]1.Cc1ccc(C)[n-]1.[S-]c1c(-c2ccccc2)c(-c2ccccc2)cc(-c2ccccc2)c1-c1ccccc1.[S-]c1c(-c2ccccc2)c(-c2ccccc2)cc(-c2ccccc2)c1-c1ccccc1. The van der Waals surface area contributed by atoms with Crippen LogP contribution in [0.4, 0.5) is 11.4 Å². The molecule has 0 radical (unpaired) electrons. The summed E-state index contributed by atoms with van der Waals surface area (Å²) in [6, 6.07) is 130. The zero-order valence-corrected chi connectivity index (χ0v) is 80.7. The second-order valence-electron chi connectivity index (χ2n) is 30.5. The molecule has 0 aliphatic rings. The predicted molar refractivity (Wildman–Crippen MR) is 512 cm³/mol. The Morgan fingerprint density at radius 1 is 0.372 bits per heavy atom. The fraction of sp³-hybridized carbons (Fsp3) is 0.145. The van der Waals surface area contributed by atoms with E-state index >= 15 is 0 Å². The molecule has 0 N–H and O–H groups in total. The van der Waals surface area contributed by atoms with Gasteiger partial charge in [0, 0.05) is 0 Å². The van der Waals surface area contributed by atoms with Crippen LogP contribution in [0.5, 0.6) is 0 Å². The van der Waals surface area contributed by atoms with Crippen molar-refractivity contribution in [2.45, 2.75) is 109 Å². The van der Waals surface area contributed by atoms with Gasteiger partial charge in [-0.25, -0.2) is 0 Å². The summed E-state index contributed by atoms with van der Waals surface area (Å²) in [7, 11) is 0. The van der Waals surface area contributed by atoms with E-state index in [0.29, 0.717) is 16.0 Å². The number of hydrogen-bond donors (Lipinski definition) is 0. The Balaban J connectivity index is 0.000000151. The van der Waals surface area contributed by atoms with Gasteiger partial charge in [0.15, 0.2) is 0 Å². The van der Waals surface area contributed by atoms with E-state index in [0.717, 1.165) is 105 Å². The van der Waals surface area contributed by atoms with Gasteiger partial charge in [0.05, 0.1) is 0 Å². The summed E-state index contributed by atoms with van der Waals surface area (Å²) in [5.41, 5.74) is 29.1. The maximum atomic E-state index is 6.23. The molecule has 0 spiro atoms. The molecule has 0 saturated heterocycles. The average molecular weight is 2020 g/mol. The number of hydrogen-bond acceptors (Lipinski definition) is 4. The normalized spacial score (nSPS) is 10.8. The second-order valence-corrected chi connectivity index (χ2v) is 39.0. The molecule has 14 aromatic carbocycles. The van der Waals surface area contributed by atoms with Crippen LogP contribution >= 0.6 is 23.2 Å². The van der Waals surface area contributed by atoms with Crippen molar-refractivity contribution in [3.05, 3.63) is 429 Å². The number of alkyl halides is 1. The number of halogens is 3. The van der Waals surface area contributed by atoms with Crippen molar-refractivity contribution in [1.82, 2.24) is 9.97 Å². The van der Waals surface area contributed by atoms with Crippen LogP contribution < -0.4 is 31.2 Å². The largest absolute Gasteiger partial charge is 0.778 e. The Hall–Kier alpha value is -9.89. The van der Waals surface area contributed by atoms with Gasteiger partial charge in [-0.2, -0.15) is 32.6 Å². The van der Waals surface area contributed by atoms with E-state index in [1.54, 1.807) is 3.57 Å². The van der Waals surface area contributed by atoms with Crippen LogP contribution in [-0.4, -0.2) is 13.2 Å².